The lowest BCUT2D eigenvalue weighted by molar-refractivity contribution is 0.00803. The Hall–Kier alpha value is -1.36. The van der Waals surface area contributed by atoms with E-state index in [0.29, 0.717) is 11.4 Å². The Morgan fingerprint density at radius 1 is 1.35 bits per heavy atom. The second kappa shape index (κ2) is 5.56. The van der Waals surface area contributed by atoms with Crippen molar-refractivity contribution in [1.29, 1.82) is 0 Å². The summed E-state index contributed by atoms with van der Waals surface area (Å²) in [5.74, 6) is 0.391. The van der Waals surface area contributed by atoms with Gasteiger partial charge in [-0.2, -0.15) is 4.98 Å². The van der Waals surface area contributed by atoms with E-state index in [2.05, 4.69) is 9.97 Å². The van der Waals surface area contributed by atoms with Gasteiger partial charge in [0.2, 0.25) is 5.88 Å². The standard InChI is InChI=1S/C15H24N2O3/c1-15(2,3)11(20-4)12-16-13(18)10(14(19)17-12)9-7-5-6-8-9/h9,11H,5-8H2,1-4H3,(H2,16,17,18,19). The molecule has 1 aromatic heterocycles. The lowest BCUT2D eigenvalue weighted by Gasteiger charge is -2.28. The van der Waals surface area contributed by atoms with Crippen LogP contribution in [0.2, 0.25) is 0 Å². The zero-order chi connectivity index (χ0) is 14.9. The highest BCUT2D eigenvalue weighted by atomic mass is 16.5. The van der Waals surface area contributed by atoms with Gasteiger partial charge >= 0.3 is 0 Å². The first kappa shape index (κ1) is 15.0. The predicted molar refractivity (Wildman–Crippen MR) is 76.9 cm³/mol. The molecule has 0 radical (unpaired) electrons. The summed E-state index contributed by atoms with van der Waals surface area (Å²) in [6, 6.07) is 0. The van der Waals surface area contributed by atoms with Crippen LogP contribution >= 0.6 is 0 Å². The van der Waals surface area contributed by atoms with Crippen LogP contribution < -0.4 is 5.56 Å². The summed E-state index contributed by atoms with van der Waals surface area (Å²) in [5, 5.41) is 10.2. The van der Waals surface area contributed by atoms with Gasteiger partial charge in [-0.25, -0.2) is 0 Å². The molecule has 0 bridgehead atoms. The van der Waals surface area contributed by atoms with E-state index in [1.54, 1.807) is 7.11 Å². The summed E-state index contributed by atoms with van der Waals surface area (Å²) >= 11 is 0. The van der Waals surface area contributed by atoms with Crippen LogP contribution in [0.15, 0.2) is 4.79 Å². The van der Waals surface area contributed by atoms with Crippen LogP contribution in [-0.2, 0) is 4.74 Å². The van der Waals surface area contributed by atoms with Gasteiger partial charge in [0.15, 0.2) is 0 Å². The van der Waals surface area contributed by atoms with Crippen molar-refractivity contribution in [2.75, 3.05) is 7.11 Å². The number of nitrogens with zero attached hydrogens (tertiary/aromatic N) is 1. The van der Waals surface area contributed by atoms with Crippen LogP contribution in [0.3, 0.4) is 0 Å². The van der Waals surface area contributed by atoms with Gasteiger partial charge in [0, 0.05) is 7.11 Å². The highest BCUT2D eigenvalue weighted by Gasteiger charge is 2.31. The molecule has 0 saturated heterocycles. The molecule has 112 valence electrons. The second-order valence-corrected chi connectivity index (χ2v) is 6.65. The lowest BCUT2D eigenvalue weighted by Crippen LogP contribution is -2.27. The lowest BCUT2D eigenvalue weighted by atomic mass is 9.88. The molecule has 1 fully saturated rings. The second-order valence-electron chi connectivity index (χ2n) is 6.65. The Bertz CT molecular complexity index is 525. The fourth-order valence-corrected chi connectivity index (χ4v) is 3.07. The molecule has 1 unspecified atom stereocenters. The highest BCUT2D eigenvalue weighted by Crippen LogP contribution is 2.37. The minimum Gasteiger partial charge on any atom is -0.493 e. The maximum atomic E-state index is 12.3. The van der Waals surface area contributed by atoms with E-state index < -0.39 is 0 Å². The number of aromatic hydroxyl groups is 1. The Kier molecular flexibility index (Phi) is 4.18. The van der Waals surface area contributed by atoms with Crippen LogP contribution in [0.4, 0.5) is 0 Å². The summed E-state index contributed by atoms with van der Waals surface area (Å²) < 4.78 is 5.43. The Labute approximate surface area is 119 Å². The van der Waals surface area contributed by atoms with Crippen molar-refractivity contribution in [2.24, 2.45) is 5.41 Å². The quantitative estimate of drug-likeness (QED) is 0.892. The van der Waals surface area contributed by atoms with Crippen LogP contribution in [0.1, 0.15) is 69.9 Å². The SMILES string of the molecule is COC(c1nc(O)c(C2CCCC2)c(=O)[nH]1)C(C)(C)C. The van der Waals surface area contributed by atoms with E-state index in [1.165, 1.54) is 0 Å². The molecule has 1 aromatic rings. The number of ether oxygens (including phenoxy) is 1. The van der Waals surface area contributed by atoms with E-state index in [9.17, 15) is 9.90 Å². The molecule has 1 aliphatic rings. The fourth-order valence-electron chi connectivity index (χ4n) is 3.07. The summed E-state index contributed by atoms with van der Waals surface area (Å²) in [5.41, 5.74) is -0.00727. The van der Waals surface area contributed by atoms with E-state index in [0.717, 1.165) is 25.7 Å². The van der Waals surface area contributed by atoms with Crippen LogP contribution in [0.5, 0.6) is 5.88 Å². The first-order valence-corrected chi connectivity index (χ1v) is 7.20. The van der Waals surface area contributed by atoms with E-state index in [1.807, 2.05) is 20.8 Å². The first-order chi connectivity index (χ1) is 9.34. The van der Waals surface area contributed by atoms with Crippen molar-refractivity contribution in [2.45, 2.75) is 58.5 Å². The van der Waals surface area contributed by atoms with Gasteiger partial charge in [0.25, 0.3) is 5.56 Å². The van der Waals surface area contributed by atoms with Crippen LogP contribution in [0, 0.1) is 5.41 Å². The Morgan fingerprint density at radius 3 is 2.40 bits per heavy atom. The monoisotopic (exact) mass is 280 g/mol. The summed E-state index contributed by atoms with van der Waals surface area (Å²) in [4.78, 5) is 19.3. The number of methoxy groups -OCH3 is 1. The number of H-pyrrole nitrogens is 1. The molecule has 0 aromatic carbocycles. The minimum absolute atomic E-state index is 0.135. The zero-order valence-corrected chi connectivity index (χ0v) is 12.7. The van der Waals surface area contributed by atoms with Gasteiger partial charge in [0.1, 0.15) is 11.9 Å². The Morgan fingerprint density at radius 2 is 1.95 bits per heavy atom. The van der Waals surface area contributed by atoms with Gasteiger partial charge in [-0.1, -0.05) is 33.6 Å². The summed E-state index contributed by atoms with van der Waals surface area (Å²) in [6.45, 7) is 6.01. The average Bonchev–Trinajstić information content (AvgIpc) is 2.80. The molecular weight excluding hydrogens is 256 g/mol. The molecular formula is C15H24N2O3. The topological polar surface area (TPSA) is 75.2 Å². The number of rotatable bonds is 3. The largest absolute Gasteiger partial charge is 0.493 e. The van der Waals surface area contributed by atoms with Crippen molar-refractivity contribution in [3.05, 3.63) is 21.7 Å². The van der Waals surface area contributed by atoms with Crippen molar-refractivity contribution in [3.8, 4) is 5.88 Å². The van der Waals surface area contributed by atoms with E-state index in [-0.39, 0.29) is 28.9 Å². The number of hydrogen-bond acceptors (Lipinski definition) is 4. The molecule has 5 nitrogen and oxygen atoms in total. The van der Waals surface area contributed by atoms with Crippen molar-refractivity contribution in [3.63, 3.8) is 0 Å². The third-order valence-corrected chi connectivity index (χ3v) is 3.99. The summed E-state index contributed by atoms with van der Waals surface area (Å²) in [6.07, 6.45) is 3.75. The highest BCUT2D eigenvalue weighted by molar-refractivity contribution is 5.28. The predicted octanol–water partition coefficient (Wildman–Crippen LogP) is 2.87. The van der Waals surface area contributed by atoms with E-state index >= 15 is 0 Å². The minimum atomic E-state index is -0.362. The molecule has 0 aliphatic heterocycles. The number of aromatic nitrogens is 2. The smallest absolute Gasteiger partial charge is 0.258 e. The first-order valence-electron chi connectivity index (χ1n) is 7.20. The molecule has 1 atom stereocenters. The number of hydrogen-bond donors (Lipinski definition) is 2. The molecule has 1 aliphatic carbocycles. The molecule has 2 N–H and O–H groups in total. The van der Waals surface area contributed by atoms with Gasteiger partial charge in [0.05, 0.1) is 5.56 Å². The molecule has 1 saturated carbocycles. The molecule has 20 heavy (non-hydrogen) atoms. The zero-order valence-electron chi connectivity index (χ0n) is 12.7. The normalized spacial score (nSPS) is 18.4. The third-order valence-electron chi connectivity index (χ3n) is 3.99. The van der Waals surface area contributed by atoms with Gasteiger partial charge in [-0.05, 0) is 24.2 Å². The van der Waals surface area contributed by atoms with Crippen LogP contribution in [0.25, 0.3) is 0 Å². The average molecular weight is 280 g/mol. The maximum absolute atomic E-state index is 12.3. The maximum Gasteiger partial charge on any atom is 0.258 e. The fraction of sp³-hybridized carbons (Fsp3) is 0.733. The van der Waals surface area contributed by atoms with Gasteiger partial charge in [-0.3, -0.25) is 4.79 Å². The van der Waals surface area contributed by atoms with Gasteiger partial charge in [-0.15, -0.1) is 0 Å². The molecule has 1 heterocycles. The van der Waals surface area contributed by atoms with Crippen molar-refractivity contribution >= 4 is 0 Å². The molecule has 0 spiro atoms. The van der Waals surface area contributed by atoms with Crippen molar-refractivity contribution in [1.82, 2.24) is 9.97 Å². The number of nitrogens with one attached hydrogen (secondary N) is 1. The number of aromatic amines is 1. The molecule has 0 amide bonds. The molecule has 2 rings (SSSR count). The Balaban J connectivity index is 2.42. The summed E-state index contributed by atoms with van der Waals surface area (Å²) in [7, 11) is 1.58. The van der Waals surface area contributed by atoms with Gasteiger partial charge < -0.3 is 14.8 Å². The van der Waals surface area contributed by atoms with E-state index in [4.69, 9.17) is 4.74 Å². The third kappa shape index (κ3) is 2.87. The molecule has 5 heteroatoms. The van der Waals surface area contributed by atoms with Crippen LogP contribution in [-0.4, -0.2) is 22.2 Å². The van der Waals surface area contributed by atoms with Crippen molar-refractivity contribution < 1.29 is 9.84 Å².